The van der Waals surface area contributed by atoms with Crippen molar-refractivity contribution < 1.29 is 31.0 Å². The van der Waals surface area contributed by atoms with E-state index in [0.717, 1.165) is 0 Å². The van der Waals surface area contributed by atoms with Crippen molar-refractivity contribution in [3.05, 3.63) is 33.3 Å². The van der Waals surface area contributed by atoms with Crippen molar-refractivity contribution in [1.82, 2.24) is 0 Å². The smallest absolute Gasteiger partial charge is 1.00 e. The first-order valence-corrected chi connectivity index (χ1v) is 3.43. The summed E-state index contributed by atoms with van der Waals surface area (Å²) in [5, 5.41) is 1.69. The molecular weight excluding hydrogens is 201 g/mol. The molecule has 0 N–H and O–H groups in total. The minimum absolute atomic E-state index is 0. The molecule has 0 amide bonds. The van der Waals surface area contributed by atoms with Crippen molar-refractivity contribution in [1.29, 1.82) is 0 Å². The predicted molar refractivity (Wildman–Crippen MR) is 42.6 cm³/mol. The van der Waals surface area contributed by atoms with Crippen molar-refractivity contribution >= 4 is 34.8 Å². The van der Waals surface area contributed by atoms with Gasteiger partial charge in [-0.05, 0) is 18.2 Å². The van der Waals surface area contributed by atoms with E-state index in [0.29, 0.717) is 15.1 Å². The van der Waals surface area contributed by atoms with Crippen LogP contribution in [0.25, 0.3) is 0 Å². The maximum atomic E-state index is 5.58. The van der Waals surface area contributed by atoms with Crippen molar-refractivity contribution in [2.24, 2.45) is 0 Å². The van der Waals surface area contributed by atoms with Gasteiger partial charge in [0.2, 0.25) is 0 Å². The molecule has 0 spiro atoms. The first kappa shape index (κ1) is 11.1. The molecular formula is C6H4Cl3Na. The molecule has 0 heterocycles. The predicted octanol–water partition coefficient (Wildman–Crippen LogP) is 0.763. The molecule has 0 radical (unpaired) electrons. The summed E-state index contributed by atoms with van der Waals surface area (Å²) < 4.78 is 0. The molecule has 0 aliphatic rings. The summed E-state index contributed by atoms with van der Waals surface area (Å²) in [6.45, 7) is 0. The quantitative estimate of drug-likeness (QED) is 0.549. The monoisotopic (exact) mass is 204 g/mol. The van der Waals surface area contributed by atoms with E-state index in [2.05, 4.69) is 0 Å². The molecule has 1 aromatic rings. The molecule has 1 rings (SSSR count). The van der Waals surface area contributed by atoms with Crippen LogP contribution in [0.1, 0.15) is 1.43 Å². The summed E-state index contributed by atoms with van der Waals surface area (Å²) in [6.07, 6.45) is 0. The standard InChI is InChI=1S/C6H3Cl3.Na.H/c7-4-1-5(8)3-6(9)2-4;;/h1-3H;;/q;+1;-1. The van der Waals surface area contributed by atoms with Crippen LogP contribution in [0.2, 0.25) is 15.1 Å². The van der Waals surface area contributed by atoms with Crippen molar-refractivity contribution in [2.45, 2.75) is 0 Å². The van der Waals surface area contributed by atoms with Crippen molar-refractivity contribution in [2.75, 3.05) is 0 Å². The number of rotatable bonds is 0. The number of benzene rings is 1. The van der Waals surface area contributed by atoms with Gasteiger partial charge in [-0.15, -0.1) is 0 Å². The first-order valence-electron chi connectivity index (χ1n) is 2.30. The second-order valence-corrected chi connectivity index (χ2v) is 2.90. The molecule has 0 saturated carbocycles. The third kappa shape index (κ3) is 3.47. The van der Waals surface area contributed by atoms with Gasteiger partial charge in [0.15, 0.2) is 0 Å². The molecule has 0 aliphatic heterocycles. The summed E-state index contributed by atoms with van der Waals surface area (Å²) in [7, 11) is 0. The van der Waals surface area contributed by atoms with Gasteiger partial charge < -0.3 is 1.43 Å². The molecule has 4 heteroatoms. The number of hydrogen-bond donors (Lipinski definition) is 0. The van der Waals surface area contributed by atoms with Gasteiger partial charge >= 0.3 is 29.6 Å². The maximum absolute atomic E-state index is 5.58. The van der Waals surface area contributed by atoms with Gasteiger partial charge in [0, 0.05) is 15.1 Å². The third-order valence-corrected chi connectivity index (χ3v) is 1.48. The molecule has 0 fully saturated rings. The fourth-order valence-electron chi connectivity index (χ4n) is 0.520. The van der Waals surface area contributed by atoms with Gasteiger partial charge in [0.25, 0.3) is 0 Å². The topological polar surface area (TPSA) is 0 Å². The van der Waals surface area contributed by atoms with Gasteiger partial charge in [0.05, 0.1) is 0 Å². The summed E-state index contributed by atoms with van der Waals surface area (Å²) in [6, 6.07) is 4.90. The fourth-order valence-corrected chi connectivity index (χ4v) is 1.39. The van der Waals surface area contributed by atoms with Gasteiger partial charge in [0.1, 0.15) is 0 Å². The Bertz CT molecular complexity index is 179. The van der Waals surface area contributed by atoms with Crippen LogP contribution < -0.4 is 29.6 Å². The molecule has 10 heavy (non-hydrogen) atoms. The van der Waals surface area contributed by atoms with Gasteiger partial charge in [-0.3, -0.25) is 0 Å². The zero-order valence-corrected chi connectivity index (χ0v) is 9.63. The van der Waals surface area contributed by atoms with E-state index >= 15 is 0 Å². The molecule has 1 aromatic carbocycles. The average Bonchev–Trinajstić information content (AvgIpc) is 1.59. The summed E-state index contributed by atoms with van der Waals surface area (Å²) in [5.41, 5.74) is 0. The second kappa shape index (κ2) is 4.87. The van der Waals surface area contributed by atoms with E-state index in [1.807, 2.05) is 0 Å². The Morgan fingerprint density at radius 1 is 0.800 bits per heavy atom. The largest absolute Gasteiger partial charge is 1.00 e. The Labute approximate surface area is 98.2 Å². The fraction of sp³-hybridized carbons (Fsp3) is 0. The molecule has 0 saturated heterocycles. The van der Waals surface area contributed by atoms with E-state index < -0.39 is 0 Å². The minimum atomic E-state index is 0. The van der Waals surface area contributed by atoms with Crippen LogP contribution in [0, 0.1) is 0 Å². The van der Waals surface area contributed by atoms with Crippen molar-refractivity contribution in [3.8, 4) is 0 Å². The molecule has 0 aromatic heterocycles. The van der Waals surface area contributed by atoms with Crippen molar-refractivity contribution in [3.63, 3.8) is 0 Å². The van der Waals surface area contributed by atoms with Gasteiger partial charge in [-0.25, -0.2) is 0 Å². The zero-order chi connectivity index (χ0) is 6.85. The Hall–Kier alpha value is 1.09. The number of hydrogen-bond acceptors (Lipinski definition) is 0. The van der Waals surface area contributed by atoms with Crippen LogP contribution >= 0.6 is 34.8 Å². The van der Waals surface area contributed by atoms with Gasteiger partial charge in [-0.1, -0.05) is 34.8 Å². The van der Waals surface area contributed by atoms with E-state index in [9.17, 15) is 0 Å². The number of halogens is 3. The van der Waals surface area contributed by atoms with Crippen LogP contribution in [0.15, 0.2) is 18.2 Å². The molecule has 50 valence electrons. The second-order valence-electron chi connectivity index (χ2n) is 1.59. The zero-order valence-electron chi connectivity index (χ0n) is 6.37. The van der Waals surface area contributed by atoms with Crippen LogP contribution in [-0.4, -0.2) is 0 Å². The van der Waals surface area contributed by atoms with E-state index in [1.165, 1.54) is 0 Å². The molecule has 0 bridgehead atoms. The Balaban J connectivity index is 0. The Morgan fingerprint density at radius 2 is 1.00 bits per heavy atom. The Morgan fingerprint density at radius 3 is 1.20 bits per heavy atom. The summed E-state index contributed by atoms with van der Waals surface area (Å²) in [5.74, 6) is 0. The maximum Gasteiger partial charge on any atom is 1.00 e. The van der Waals surface area contributed by atoms with Gasteiger partial charge in [-0.2, -0.15) is 0 Å². The SMILES string of the molecule is Clc1cc(Cl)cc(Cl)c1.[H-].[Na+]. The minimum Gasteiger partial charge on any atom is -1.00 e. The normalized spacial score (nSPS) is 8.70. The van der Waals surface area contributed by atoms with E-state index in [1.54, 1.807) is 18.2 Å². The van der Waals surface area contributed by atoms with Crippen LogP contribution in [0.4, 0.5) is 0 Å². The summed E-state index contributed by atoms with van der Waals surface area (Å²) in [4.78, 5) is 0. The molecule has 0 aliphatic carbocycles. The molecule has 0 nitrogen and oxygen atoms in total. The van der Waals surface area contributed by atoms with E-state index in [4.69, 9.17) is 34.8 Å². The molecule has 0 atom stereocenters. The first-order chi connectivity index (χ1) is 4.18. The third-order valence-electron chi connectivity index (χ3n) is 0.827. The molecule has 0 unspecified atom stereocenters. The summed E-state index contributed by atoms with van der Waals surface area (Å²) >= 11 is 16.7. The average molecular weight is 205 g/mol. The van der Waals surface area contributed by atoms with Crippen LogP contribution in [0.5, 0.6) is 0 Å². The van der Waals surface area contributed by atoms with Crippen LogP contribution in [0.3, 0.4) is 0 Å². The van der Waals surface area contributed by atoms with Crippen LogP contribution in [-0.2, 0) is 0 Å². The van der Waals surface area contributed by atoms with E-state index in [-0.39, 0.29) is 31.0 Å². The Kier molecular flexibility index (Phi) is 5.40.